The number of halogens is 1. The van der Waals surface area contributed by atoms with Crippen molar-refractivity contribution in [2.75, 3.05) is 25.7 Å². The third-order valence-corrected chi connectivity index (χ3v) is 3.00. The zero-order chi connectivity index (χ0) is 14.8. The molecule has 21 heavy (non-hydrogen) atoms. The smallest absolute Gasteiger partial charge is 0.122 e. The van der Waals surface area contributed by atoms with E-state index in [1.807, 2.05) is 54.6 Å². The topological polar surface area (TPSA) is 27.7 Å². The first-order valence-corrected chi connectivity index (χ1v) is 7.51. The van der Waals surface area contributed by atoms with E-state index in [1.54, 1.807) is 0 Å². The van der Waals surface area contributed by atoms with Crippen LogP contribution in [0.5, 0.6) is 17.2 Å². The number of para-hydroxylation sites is 1. The van der Waals surface area contributed by atoms with Crippen molar-refractivity contribution in [3.63, 3.8) is 0 Å². The van der Waals surface area contributed by atoms with Crippen molar-refractivity contribution in [1.29, 1.82) is 0 Å². The molecule has 112 valence electrons. The van der Waals surface area contributed by atoms with Gasteiger partial charge >= 0.3 is 0 Å². The van der Waals surface area contributed by atoms with E-state index in [1.165, 1.54) is 0 Å². The Morgan fingerprint density at radius 2 is 1.10 bits per heavy atom. The number of hydrogen-bond acceptors (Lipinski definition) is 3. The van der Waals surface area contributed by atoms with E-state index in [0.717, 1.165) is 23.7 Å². The second-order valence-corrected chi connectivity index (χ2v) is 4.75. The zero-order valence-corrected chi connectivity index (χ0v) is 12.6. The highest BCUT2D eigenvalue weighted by Crippen LogP contribution is 2.17. The van der Waals surface area contributed by atoms with Gasteiger partial charge in [-0.3, -0.25) is 0 Å². The van der Waals surface area contributed by atoms with Crippen LogP contribution in [0.3, 0.4) is 0 Å². The van der Waals surface area contributed by atoms with Gasteiger partial charge in [0.15, 0.2) is 0 Å². The molecular formula is C17H19ClO3. The second-order valence-electron chi connectivity index (χ2n) is 4.37. The molecule has 0 aliphatic rings. The van der Waals surface area contributed by atoms with Crippen LogP contribution in [0.2, 0.25) is 0 Å². The molecule has 2 aromatic carbocycles. The summed E-state index contributed by atoms with van der Waals surface area (Å²) in [7, 11) is 0. The molecule has 0 aliphatic heterocycles. The van der Waals surface area contributed by atoms with Gasteiger partial charge in [-0.2, -0.15) is 0 Å². The Bertz CT molecular complexity index is 499. The van der Waals surface area contributed by atoms with Crippen LogP contribution in [-0.4, -0.2) is 25.7 Å². The first kappa shape index (κ1) is 15.5. The predicted octanol–water partition coefficient (Wildman–Crippen LogP) is 4.15. The number of rotatable bonds is 9. The average Bonchev–Trinajstić information content (AvgIpc) is 2.54. The first-order chi connectivity index (χ1) is 10.4. The molecule has 0 N–H and O–H groups in total. The highest BCUT2D eigenvalue weighted by molar-refractivity contribution is 6.17. The van der Waals surface area contributed by atoms with Gasteiger partial charge in [0.25, 0.3) is 0 Å². The lowest BCUT2D eigenvalue weighted by Gasteiger charge is -2.09. The normalized spacial score (nSPS) is 10.1. The number of hydrogen-bond donors (Lipinski definition) is 0. The standard InChI is InChI=1S/C17H19ClO3/c18-11-4-12-19-16-7-9-17(10-8-16)21-14-13-20-15-5-2-1-3-6-15/h1-3,5-10H,4,11-14H2. The summed E-state index contributed by atoms with van der Waals surface area (Å²) in [5.74, 6) is 3.09. The van der Waals surface area contributed by atoms with Gasteiger partial charge in [-0.25, -0.2) is 0 Å². The Morgan fingerprint density at radius 3 is 1.62 bits per heavy atom. The van der Waals surface area contributed by atoms with E-state index < -0.39 is 0 Å². The lowest BCUT2D eigenvalue weighted by atomic mass is 10.3. The third kappa shape index (κ3) is 5.96. The van der Waals surface area contributed by atoms with E-state index in [-0.39, 0.29) is 0 Å². The van der Waals surface area contributed by atoms with Crippen LogP contribution in [0.4, 0.5) is 0 Å². The van der Waals surface area contributed by atoms with Crippen molar-refractivity contribution in [2.24, 2.45) is 0 Å². The summed E-state index contributed by atoms with van der Waals surface area (Å²) >= 11 is 5.60. The van der Waals surface area contributed by atoms with E-state index in [0.29, 0.717) is 25.7 Å². The number of benzene rings is 2. The van der Waals surface area contributed by atoms with E-state index in [4.69, 9.17) is 25.8 Å². The molecule has 0 aliphatic carbocycles. The Labute approximate surface area is 130 Å². The van der Waals surface area contributed by atoms with Gasteiger partial charge in [-0.05, 0) is 42.8 Å². The summed E-state index contributed by atoms with van der Waals surface area (Å²) < 4.78 is 16.7. The number of alkyl halides is 1. The summed E-state index contributed by atoms with van der Waals surface area (Å²) in [5, 5.41) is 0. The molecular weight excluding hydrogens is 288 g/mol. The highest BCUT2D eigenvalue weighted by Gasteiger charge is 1.97. The molecule has 0 fully saturated rings. The van der Waals surface area contributed by atoms with Crippen molar-refractivity contribution < 1.29 is 14.2 Å². The Hall–Kier alpha value is -1.87. The second kappa shape index (κ2) is 9.14. The summed E-state index contributed by atoms with van der Waals surface area (Å²) in [6.07, 6.45) is 0.844. The molecule has 0 bridgehead atoms. The van der Waals surface area contributed by atoms with Crippen LogP contribution < -0.4 is 14.2 Å². The lowest BCUT2D eigenvalue weighted by molar-refractivity contribution is 0.217. The fraction of sp³-hybridized carbons (Fsp3) is 0.294. The van der Waals surface area contributed by atoms with Gasteiger partial charge in [0.05, 0.1) is 6.61 Å². The zero-order valence-electron chi connectivity index (χ0n) is 11.8. The van der Waals surface area contributed by atoms with Crippen molar-refractivity contribution >= 4 is 11.6 Å². The fourth-order valence-electron chi connectivity index (χ4n) is 1.71. The van der Waals surface area contributed by atoms with Gasteiger partial charge in [0.1, 0.15) is 30.5 Å². The molecule has 0 radical (unpaired) electrons. The summed E-state index contributed by atoms with van der Waals surface area (Å²) in [5.41, 5.74) is 0. The molecule has 0 aromatic heterocycles. The average molecular weight is 307 g/mol. The van der Waals surface area contributed by atoms with Crippen molar-refractivity contribution in [3.8, 4) is 17.2 Å². The molecule has 3 nitrogen and oxygen atoms in total. The Morgan fingerprint density at radius 1 is 0.619 bits per heavy atom. The van der Waals surface area contributed by atoms with Crippen LogP contribution in [0, 0.1) is 0 Å². The molecule has 0 saturated heterocycles. The van der Waals surface area contributed by atoms with Crippen molar-refractivity contribution in [2.45, 2.75) is 6.42 Å². The molecule has 0 unspecified atom stereocenters. The molecule has 0 amide bonds. The van der Waals surface area contributed by atoms with Gasteiger partial charge < -0.3 is 14.2 Å². The van der Waals surface area contributed by atoms with Crippen LogP contribution in [0.1, 0.15) is 6.42 Å². The molecule has 2 rings (SSSR count). The first-order valence-electron chi connectivity index (χ1n) is 6.98. The fourth-order valence-corrected chi connectivity index (χ4v) is 1.82. The summed E-state index contributed by atoms with van der Waals surface area (Å²) in [6.45, 7) is 1.65. The van der Waals surface area contributed by atoms with E-state index >= 15 is 0 Å². The minimum atomic E-state index is 0.501. The maximum Gasteiger partial charge on any atom is 0.122 e. The van der Waals surface area contributed by atoms with E-state index in [9.17, 15) is 0 Å². The van der Waals surface area contributed by atoms with Crippen LogP contribution >= 0.6 is 11.6 Å². The lowest BCUT2D eigenvalue weighted by Crippen LogP contribution is -2.08. The number of ether oxygens (including phenoxy) is 3. The minimum Gasteiger partial charge on any atom is -0.494 e. The monoisotopic (exact) mass is 306 g/mol. The molecule has 0 saturated carbocycles. The molecule has 2 aromatic rings. The largest absolute Gasteiger partial charge is 0.494 e. The van der Waals surface area contributed by atoms with Gasteiger partial charge in [0.2, 0.25) is 0 Å². The molecule has 0 heterocycles. The van der Waals surface area contributed by atoms with Crippen LogP contribution in [0.25, 0.3) is 0 Å². The van der Waals surface area contributed by atoms with Crippen LogP contribution in [-0.2, 0) is 0 Å². The van der Waals surface area contributed by atoms with Crippen LogP contribution in [0.15, 0.2) is 54.6 Å². The van der Waals surface area contributed by atoms with Gasteiger partial charge in [0, 0.05) is 5.88 Å². The quantitative estimate of drug-likeness (QED) is 0.514. The minimum absolute atomic E-state index is 0.501. The van der Waals surface area contributed by atoms with Gasteiger partial charge in [-0.15, -0.1) is 11.6 Å². The van der Waals surface area contributed by atoms with E-state index in [2.05, 4.69) is 0 Å². The summed E-state index contributed by atoms with van der Waals surface area (Å²) in [6, 6.07) is 17.2. The summed E-state index contributed by atoms with van der Waals surface area (Å²) in [4.78, 5) is 0. The van der Waals surface area contributed by atoms with Gasteiger partial charge in [-0.1, -0.05) is 18.2 Å². The highest BCUT2D eigenvalue weighted by atomic mass is 35.5. The third-order valence-electron chi connectivity index (χ3n) is 2.73. The SMILES string of the molecule is ClCCCOc1ccc(OCCOc2ccccc2)cc1. The Balaban J connectivity index is 1.66. The maximum atomic E-state index is 5.61. The Kier molecular flexibility index (Phi) is 6.75. The maximum absolute atomic E-state index is 5.61. The van der Waals surface area contributed by atoms with Crippen molar-refractivity contribution in [1.82, 2.24) is 0 Å². The molecule has 0 spiro atoms. The van der Waals surface area contributed by atoms with Crippen molar-refractivity contribution in [3.05, 3.63) is 54.6 Å². The molecule has 4 heteroatoms. The molecule has 0 atom stereocenters. The predicted molar refractivity (Wildman–Crippen MR) is 84.7 cm³/mol.